The molecule has 1 amide bonds. The molecule has 238 valence electrons. The van der Waals surface area contributed by atoms with Gasteiger partial charge in [0, 0.05) is 18.8 Å². The number of carbonyl (C=O) groups is 1. The zero-order valence-electron chi connectivity index (χ0n) is 26.4. The second kappa shape index (κ2) is 16.2. The van der Waals surface area contributed by atoms with Gasteiger partial charge in [0.25, 0.3) is 0 Å². The topological polar surface area (TPSA) is 87.7 Å². The van der Waals surface area contributed by atoms with Gasteiger partial charge in [-0.05, 0) is 70.5 Å². The molecule has 1 aromatic rings. The molecule has 0 aromatic heterocycles. The maximum Gasteiger partial charge on any atom is 0.412 e. The van der Waals surface area contributed by atoms with E-state index in [1.165, 1.54) is 51.4 Å². The minimum Gasteiger partial charge on any atom is -0.497 e. The fraction of sp³-hybridized carbons (Fsp3) is 0.788. The lowest BCUT2D eigenvalue weighted by Gasteiger charge is -2.30. The van der Waals surface area contributed by atoms with E-state index in [2.05, 4.69) is 17.1 Å². The van der Waals surface area contributed by atoms with Gasteiger partial charge in [0.05, 0.1) is 7.11 Å². The van der Waals surface area contributed by atoms with E-state index in [1.54, 1.807) is 31.4 Å². The Hall–Kier alpha value is -1.91. The minimum absolute atomic E-state index is 0.231. The number of likely N-dealkylation sites (tertiary alicyclic amines) is 1. The van der Waals surface area contributed by atoms with Crippen molar-refractivity contribution in [2.24, 2.45) is 0 Å². The van der Waals surface area contributed by atoms with Gasteiger partial charge in [-0.3, -0.25) is 5.32 Å². The van der Waals surface area contributed by atoms with Gasteiger partial charge in [-0.2, -0.15) is 0 Å². The first-order valence-corrected chi connectivity index (χ1v) is 16.3. The molecule has 0 unspecified atom stereocenters. The summed E-state index contributed by atoms with van der Waals surface area (Å²) in [6, 6.07) is 7.13. The SMILES string of the molecule is CCCCCCCCCCCCOC[C@@]12O[C@@H](CN3CCCC3)[C@@H](OC(=O)Nc3ccc(OC)cc3)[C@@H]1OC(C)(C)O2. The summed E-state index contributed by atoms with van der Waals surface area (Å²) in [7, 11) is 1.61. The molecule has 9 nitrogen and oxygen atoms in total. The third-order valence-electron chi connectivity index (χ3n) is 8.44. The Morgan fingerprint density at radius 1 is 0.952 bits per heavy atom. The lowest BCUT2D eigenvalue weighted by molar-refractivity contribution is -0.278. The van der Waals surface area contributed by atoms with Crippen molar-refractivity contribution in [3.05, 3.63) is 24.3 Å². The van der Waals surface area contributed by atoms with Crippen molar-refractivity contribution in [2.75, 3.05) is 45.3 Å². The summed E-state index contributed by atoms with van der Waals surface area (Å²) in [5, 5.41) is 2.83. The molecule has 4 atom stereocenters. The minimum atomic E-state index is -1.13. The largest absolute Gasteiger partial charge is 0.497 e. The second-order valence-corrected chi connectivity index (χ2v) is 12.5. The van der Waals surface area contributed by atoms with E-state index < -0.39 is 36.0 Å². The van der Waals surface area contributed by atoms with Crippen LogP contribution in [0.2, 0.25) is 0 Å². The summed E-state index contributed by atoms with van der Waals surface area (Å²) in [6.45, 7) is 9.51. The Morgan fingerprint density at radius 2 is 1.60 bits per heavy atom. The molecule has 3 aliphatic heterocycles. The number of hydrogen-bond donors (Lipinski definition) is 1. The lowest BCUT2D eigenvalue weighted by atomic mass is 10.0. The third kappa shape index (κ3) is 9.55. The highest BCUT2D eigenvalue weighted by Gasteiger charge is 2.66. The van der Waals surface area contributed by atoms with Crippen molar-refractivity contribution in [3.63, 3.8) is 0 Å². The first kappa shape index (κ1) is 33.0. The molecule has 42 heavy (non-hydrogen) atoms. The summed E-state index contributed by atoms with van der Waals surface area (Å²) in [4.78, 5) is 15.4. The number of ether oxygens (including phenoxy) is 6. The van der Waals surface area contributed by atoms with Crippen LogP contribution in [-0.4, -0.2) is 80.8 Å². The zero-order chi connectivity index (χ0) is 29.8. The van der Waals surface area contributed by atoms with Gasteiger partial charge < -0.3 is 33.3 Å². The predicted molar refractivity (Wildman–Crippen MR) is 163 cm³/mol. The number of fused-ring (bicyclic) bond motifs is 1. The van der Waals surface area contributed by atoms with Gasteiger partial charge in [-0.25, -0.2) is 4.79 Å². The summed E-state index contributed by atoms with van der Waals surface area (Å²) >= 11 is 0. The molecule has 3 heterocycles. The monoisotopic (exact) mass is 590 g/mol. The third-order valence-corrected chi connectivity index (χ3v) is 8.44. The Bertz CT molecular complexity index is 937. The van der Waals surface area contributed by atoms with Crippen LogP contribution in [0.15, 0.2) is 24.3 Å². The van der Waals surface area contributed by atoms with Gasteiger partial charge >= 0.3 is 6.09 Å². The van der Waals surface area contributed by atoms with Gasteiger partial charge in [-0.15, -0.1) is 0 Å². The van der Waals surface area contributed by atoms with E-state index in [1.807, 2.05) is 13.8 Å². The number of nitrogens with one attached hydrogen (secondary N) is 1. The van der Waals surface area contributed by atoms with E-state index in [4.69, 9.17) is 28.4 Å². The Labute approximate surface area is 252 Å². The fourth-order valence-electron chi connectivity index (χ4n) is 6.32. The van der Waals surface area contributed by atoms with Crippen LogP contribution in [-0.2, 0) is 23.7 Å². The van der Waals surface area contributed by atoms with Crippen molar-refractivity contribution in [1.29, 1.82) is 0 Å². The molecule has 0 saturated carbocycles. The number of unbranched alkanes of at least 4 members (excludes halogenated alkanes) is 9. The molecule has 0 bridgehead atoms. The standard InChI is InChI=1S/C33H54N2O7/c1-5-6-7-8-9-10-11-12-13-16-23-38-25-33-30(41-32(2,3)42-33)29(28(40-33)24-35-21-14-15-22-35)39-31(36)34-26-17-19-27(37-4)20-18-26/h17-20,28-30H,5-16,21-25H2,1-4H3,(H,34,36)/t28-,29+,30-,33-/m0/s1. The van der Waals surface area contributed by atoms with Crippen LogP contribution in [0.3, 0.4) is 0 Å². The maximum atomic E-state index is 13.1. The Kier molecular flexibility index (Phi) is 12.8. The molecular weight excluding hydrogens is 536 g/mol. The molecule has 3 aliphatic rings. The average molecular weight is 591 g/mol. The number of benzene rings is 1. The highest BCUT2D eigenvalue weighted by molar-refractivity contribution is 5.84. The van der Waals surface area contributed by atoms with E-state index in [0.29, 0.717) is 24.6 Å². The number of methoxy groups -OCH3 is 1. The van der Waals surface area contributed by atoms with Crippen LogP contribution < -0.4 is 10.1 Å². The summed E-state index contributed by atoms with van der Waals surface area (Å²) < 4.78 is 36.8. The molecule has 0 spiro atoms. The molecule has 0 radical (unpaired) electrons. The fourth-order valence-corrected chi connectivity index (χ4v) is 6.32. The zero-order valence-corrected chi connectivity index (χ0v) is 26.4. The van der Waals surface area contributed by atoms with Crippen LogP contribution in [0.4, 0.5) is 10.5 Å². The molecule has 1 aromatic carbocycles. The highest BCUT2D eigenvalue weighted by atomic mass is 16.9. The van der Waals surface area contributed by atoms with Gasteiger partial charge in [0.2, 0.25) is 5.79 Å². The van der Waals surface area contributed by atoms with Crippen molar-refractivity contribution < 1.29 is 33.2 Å². The maximum absolute atomic E-state index is 13.1. The highest BCUT2D eigenvalue weighted by Crippen LogP contribution is 2.47. The van der Waals surface area contributed by atoms with Crippen LogP contribution in [0.25, 0.3) is 0 Å². The molecular formula is C33H54N2O7. The smallest absolute Gasteiger partial charge is 0.412 e. The Morgan fingerprint density at radius 3 is 2.24 bits per heavy atom. The summed E-state index contributed by atoms with van der Waals surface area (Å²) in [5.41, 5.74) is 0.616. The van der Waals surface area contributed by atoms with Crippen LogP contribution >= 0.6 is 0 Å². The van der Waals surface area contributed by atoms with Gasteiger partial charge in [-0.1, -0.05) is 64.7 Å². The predicted octanol–water partition coefficient (Wildman–Crippen LogP) is 6.89. The molecule has 1 N–H and O–H groups in total. The molecule has 3 saturated heterocycles. The van der Waals surface area contributed by atoms with Crippen LogP contribution in [0.5, 0.6) is 5.75 Å². The van der Waals surface area contributed by atoms with E-state index in [9.17, 15) is 4.79 Å². The Balaban J connectivity index is 1.31. The first-order chi connectivity index (χ1) is 20.3. The number of nitrogens with zero attached hydrogens (tertiary/aromatic N) is 1. The van der Waals surface area contributed by atoms with Crippen molar-refractivity contribution in [1.82, 2.24) is 4.90 Å². The summed E-state index contributed by atoms with van der Waals surface area (Å²) in [6.07, 6.45) is 12.9. The average Bonchev–Trinajstić information content (AvgIpc) is 3.63. The number of rotatable bonds is 18. The first-order valence-electron chi connectivity index (χ1n) is 16.3. The van der Waals surface area contributed by atoms with Crippen LogP contribution in [0.1, 0.15) is 97.8 Å². The van der Waals surface area contributed by atoms with E-state index >= 15 is 0 Å². The quantitative estimate of drug-likeness (QED) is 0.185. The second-order valence-electron chi connectivity index (χ2n) is 12.5. The van der Waals surface area contributed by atoms with Crippen molar-refractivity contribution in [2.45, 2.75) is 128 Å². The number of anilines is 1. The number of hydrogen-bond acceptors (Lipinski definition) is 8. The van der Waals surface area contributed by atoms with Crippen LogP contribution in [0, 0.1) is 0 Å². The van der Waals surface area contributed by atoms with Gasteiger partial charge in [0.15, 0.2) is 18.0 Å². The van der Waals surface area contributed by atoms with E-state index in [0.717, 1.165) is 38.8 Å². The van der Waals surface area contributed by atoms with Crippen molar-refractivity contribution >= 4 is 11.8 Å². The lowest BCUT2D eigenvalue weighted by Crippen LogP contribution is -2.46. The molecule has 3 fully saturated rings. The molecule has 9 heteroatoms. The summed E-state index contributed by atoms with van der Waals surface area (Å²) in [5.74, 6) is -1.31. The number of amides is 1. The number of carbonyl (C=O) groups excluding carboxylic acids is 1. The van der Waals surface area contributed by atoms with E-state index in [-0.39, 0.29) is 6.61 Å². The molecule has 0 aliphatic carbocycles. The molecule has 4 rings (SSSR count). The van der Waals surface area contributed by atoms with Gasteiger partial charge in [0.1, 0.15) is 18.5 Å². The van der Waals surface area contributed by atoms with Crippen molar-refractivity contribution in [3.8, 4) is 5.75 Å². The normalized spacial score (nSPS) is 26.8.